The molecule has 0 aliphatic carbocycles. The summed E-state index contributed by atoms with van der Waals surface area (Å²) >= 11 is 1.92. The minimum atomic E-state index is -1.81. The van der Waals surface area contributed by atoms with Crippen LogP contribution in [0.3, 0.4) is 0 Å². The first-order valence-corrected chi connectivity index (χ1v) is 16.7. The van der Waals surface area contributed by atoms with Gasteiger partial charge >= 0.3 is 0 Å². The van der Waals surface area contributed by atoms with E-state index in [0.717, 1.165) is 25.7 Å². The minimum Gasteiger partial charge on any atom is -0.413 e. The maximum Gasteiger partial charge on any atom is 0.192 e. The zero-order valence-electron chi connectivity index (χ0n) is 23.6. The first-order chi connectivity index (χ1) is 15.1. The van der Waals surface area contributed by atoms with Crippen LogP contribution in [0.25, 0.3) is 0 Å². The van der Waals surface area contributed by atoms with Gasteiger partial charge in [0, 0.05) is 10.3 Å². The van der Waals surface area contributed by atoms with E-state index < -0.39 is 8.32 Å². The largest absolute Gasteiger partial charge is 0.413 e. The molecule has 0 saturated heterocycles. The van der Waals surface area contributed by atoms with Crippen LogP contribution in [0.5, 0.6) is 0 Å². The van der Waals surface area contributed by atoms with E-state index in [9.17, 15) is 0 Å². The van der Waals surface area contributed by atoms with E-state index in [1.807, 2.05) is 11.3 Å². The highest BCUT2D eigenvalue weighted by Gasteiger charge is 2.41. The maximum atomic E-state index is 6.94. The van der Waals surface area contributed by atoms with E-state index in [0.29, 0.717) is 0 Å². The normalized spacial score (nSPS) is 14.5. The van der Waals surface area contributed by atoms with E-state index in [1.54, 1.807) is 0 Å². The van der Waals surface area contributed by atoms with Gasteiger partial charge in [0.05, 0.1) is 6.10 Å². The molecule has 0 fully saturated rings. The van der Waals surface area contributed by atoms with Crippen LogP contribution in [0.15, 0.2) is 29.6 Å². The standard InChI is InChI=1S/C30H50OSSi/c1-13-30(14-2,27-19-22(3)21-32-27)25-17-15-24(23(4)20-25)16-18-26(28(5,6)7)31-33(11,12)29(8,9)10/h15,17,19-21,26H,13-14,16,18H2,1-12H3. The Labute approximate surface area is 210 Å². The SMILES string of the molecule is CCC(CC)(c1ccc(CCC(O[Si](C)(C)C(C)(C)C)C(C)(C)C)c(C)c1)c1cc(C)cs1. The van der Waals surface area contributed by atoms with Gasteiger partial charge in [0.25, 0.3) is 0 Å². The van der Waals surface area contributed by atoms with Crippen LogP contribution < -0.4 is 0 Å². The summed E-state index contributed by atoms with van der Waals surface area (Å²) in [6.07, 6.45) is 4.69. The van der Waals surface area contributed by atoms with Crippen molar-refractivity contribution >= 4 is 19.7 Å². The fraction of sp³-hybridized carbons (Fsp3) is 0.667. The second kappa shape index (κ2) is 10.4. The van der Waals surface area contributed by atoms with Crippen LogP contribution in [0, 0.1) is 19.3 Å². The third-order valence-electron chi connectivity index (χ3n) is 8.19. The van der Waals surface area contributed by atoms with Crippen molar-refractivity contribution < 1.29 is 4.43 Å². The third kappa shape index (κ3) is 6.41. The lowest BCUT2D eigenvalue weighted by Crippen LogP contribution is -2.47. The number of hydrogen-bond donors (Lipinski definition) is 0. The molecule has 33 heavy (non-hydrogen) atoms. The second-order valence-electron chi connectivity index (χ2n) is 12.7. The van der Waals surface area contributed by atoms with Crippen LogP contribution in [-0.4, -0.2) is 14.4 Å². The van der Waals surface area contributed by atoms with Crippen LogP contribution >= 0.6 is 11.3 Å². The molecule has 1 atom stereocenters. The van der Waals surface area contributed by atoms with Gasteiger partial charge in [-0.1, -0.05) is 73.6 Å². The predicted octanol–water partition coefficient (Wildman–Crippen LogP) is 9.84. The molecule has 0 saturated carbocycles. The second-order valence-corrected chi connectivity index (χ2v) is 18.4. The zero-order valence-corrected chi connectivity index (χ0v) is 25.4. The van der Waals surface area contributed by atoms with Crippen molar-refractivity contribution in [3.05, 3.63) is 56.8 Å². The molecule has 2 rings (SSSR count). The van der Waals surface area contributed by atoms with Gasteiger partial charge in [0.2, 0.25) is 0 Å². The van der Waals surface area contributed by atoms with E-state index in [2.05, 4.69) is 112 Å². The average Bonchev–Trinajstić information content (AvgIpc) is 3.12. The summed E-state index contributed by atoms with van der Waals surface area (Å²) in [5.41, 5.74) is 6.01. The summed E-state index contributed by atoms with van der Waals surface area (Å²) in [6, 6.07) is 9.67. The van der Waals surface area contributed by atoms with Crippen LogP contribution in [0.2, 0.25) is 18.1 Å². The monoisotopic (exact) mass is 486 g/mol. The van der Waals surface area contributed by atoms with Crippen molar-refractivity contribution in [1.29, 1.82) is 0 Å². The van der Waals surface area contributed by atoms with Gasteiger partial charge in [0.15, 0.2) is 8.32 Å². The number of benzene rings is 1. The van der Waals surface area contributed by atoms with Gasteiger partial charge in [-0.05, 0) is 96.8 Å². The van der Waals surface area contributed by atoms with Crippen molar-refractivity contribution in [2.45, 2.75) is 125 Å². The fourth-order valence-corrected chi connectivity index (χ4v) is 7.40. The van der Waals surface area contributed by atoms with Gasteiger partial charge in [-0.2, -0.15) is 0 Å². The number of aryl methyl sites for hydroxylation is 3. The Morgan fingerprint density at radius 2 is 1.55 bits per heavy atom. The zero-order chi connectivity index (χ0) is 25.2. The molecule has 1 aromatic heterocycles. The Morgan fingerprint density at radius 1 is 0.939 bits per heavy atom. The minimum absolute atomic E-state index is 0.127. The number of thiophene rings is 1. The molecule has 1 heterocycles. The molecule has 0 radical (unpaired) electrons. The topological polar surface area (TPSA) is 9.23 Å². The highest BCUT2D eigenvalue weighted by Crippen LogP contribution is 2.43. The van der Waals surface area contributed by atoms with E-state index in [1.165, 1.54) is 27.1 Å². The molecule has 0 bridgehead atoms. The molecule has 0 spiro atoms. The summed E-state index contributed by atoms with van der Waals surface area (Å²) < 4.78 is 6.94. The number of hydrogen-bond acceptors (Lipinski definition) is 2. The molecule has 0 aliphatic rings. The average molecular weight is 487 g/mol. The van der Waals surface area contributed by atoms with Gasteiger partial charge in [-0.3, -0.25) is 0 Å². The Bertz CT molecular complexity index is 906. The van der Waals surface area contributed by atoms with E-state index in [4.69, 9.17) is 4.43 Å². The molecule has 2 aromatic rings. The summed E-state index contributed by atoms with van der Waals surface area (Å²) in [4.78, 5) is 1.51. The predicted molar refractivity (Wildman–Crippen MR) is 151 cm³/mol. The quantitative estimate of drug-likeness (QED) is 0.320. The molecule has 1 nitrogen and oxygen atoms in total. The molecule has 1 unspecified atom stereocenters. The van der Waals surface area contributed by atoms with Crippen molar-refractivity contribution in [3.63, 3.8) is 0 Å². The van der Waals surface area contributed by atoms with Crippen molar-refractivity contribution in [2.75, 3.05) is 0 Å². The van der Waals surface area contributed by atoms with Crippen LogP contribution in [0.1, 0.15) is 102 Å². The summed E-state index contributed by atoms with van der Waals surface area (Å²) in [6.45, 7) is 28.0. The summed E-state index contributed by atoms with van der Waals surface area (Å²) in [5, 5.41) is 2.53. The van der Waals surface area contributed by atoms with Gasteiger partial charge in [0.1, 0.15) is 0 Å². The van der Waals surface area contributed by atoms with Crippen molar-refractivity contribution in [1.82, 2.24) is 0 Å². The number of rotatable bonds is 9. The Hall–Kier alpha value is -0.903. The lowest BCUT2D eigenvalue weighted by atomic mass is 9.73. The van der Waals surface area contributed by atoms with Crippen LogP contribution in [0.4, 0.5) is 0 Å². The van der Waals surface area contributed by atoms with Gasteiger partial charge in [-0.25, -0.2) is 0 Å². The molecule has 186 valence electrons. The van der Waals surface area contributed by atoms with Crippen molar-refractivity contribution in [2.24, 2.45) is 5.41 Å². The Kier molecular flexibility index (Phi) is 8.91. The van der Waals surface area contributed by atoms with Gasteiger partial charge < -0.3 is 4.43 Å². The highest BCUT2D eigenvalue weighted by molar-refractivity contribution is 7.10. The van der Waals surface area contributed by atoms with E-state index >= 15 is 0 Å². The van der Waals surface area contributed by atoms with Crippen molar-refractivity contribution in [3.8, 4) is 0 Å². The molecular formula is C30H50OSSi. The van der Waals surface area contributed by atoms with Gasteiger partial charge in [-0.15, -0.1) is 11.3 Å². The summed E-state index contributed by atoms with van der Waals surface area (Å²) in [7, 11) is -1.81. The molecule has 0 amide bonds. The highest BCUT2D eigenvalue weighted by atomic mass is 32.1. The third-order valence-corrected chi connectivity index (χ3v) is 13.9. The molecular weight excluding hydrogens is 436 g/mol. The molecule has 0 aliphatic heterocycles. The smallest absolute Gasteiger partial charge is 0.192 e. The maximum absolute atomic E-state index is 6.94. The molecule has 3 heteroatoms. The van der Waals surface area contributed by atoms with E-state index in [-0.39, 0.29) is 22.0 Å². The first kappa shape index (κ1) is 28.3. The fourth-order valence-electron chi connectivity index (χ4n) is 4.59. The Balaban J connectivity index is 2.28. The Morgan fingerprint density at radius 3 is 1.97 bits per heavy atom. The lowest BCUT2D eigenvalue weighted by Gasteiger charge is -2.43. The van der Waals surface area contributed by atoms with Crippen LogP contribution in [-0.2, 0) is 16.3 Å². The molecule has 1 aromatic carbocycles. The molecule has 0 N–H and O–H groups in total. The lowest BCUT2D eigenvalue weighted by molar-refractivity contribution is 0.0657. The first-order valence-electron chi connectivity index (χ1n) is 12.9. The summed E-state index contributed by atoms with van der Waals surface area (Å²) in [5.74, 6) is 0.